The van der Waals surface area contributed by atoms with Crippen molar-refractivity contribution in [2.75, 3.05) is 33.0 Å². The number of carbonyl (C=O) groups excluding carboxylic acids is 1. The molecule has 10 nitrogen and oxygen atoms in total. The van der Waals surface area contributed by atoms with Gasteiger partial charge in [0, 0.05) is 44.9 Å². The first-order valence-corrected chi connectivity index (χ1v) is 10.6. The maximum Gasteiger partial charge on any atom is 0.328 e. The van der Waals surface area contributed by atoms with Crippen molar-refractivity contribution in [2.24, 2.45) is 0 Å². The van der Waals surface area contributed by atoms with Gasteiger partial charge in [-0.3, -0.25) is 4.79 Å². The lowest BCUT2D eigenvalue weighted by Crippen LogP contribution is -2.38. The fourth-order valence-corrected chi connectivity index (χ4v) is 3.44. The molecular formula is C23H27ClN4O6. The molecule has 1 amide bonds. The second-order valence-corrected chi connectivity index (χ2v) is 7.83. The van der Waals surface area contributed by atoms with Crippen molar-refractivity contribution in [3.8, 4) is 5.75 Å². The first-order chi connectivity index (χ1) is 16.1. The first kappa shape index (κ1) is 26.7. The van der Waals surface area contributed by atoms with Crippen molar-refractivity contribution >= 4 is 35.1 Å². The number of amides is 1. The van der Waals surface area contributed by atoms with Gasteiger partial charge >= 0.3 is 11.9 Å². The molecule has 1 fully saturated rings. The van der Waals surface area contributed by atoms with E-state index in [2.05, 4.69) is 27.5 Å². The van der Waals surface area contributed by atoms with Crippen LogP contribution in [0.25, 0.3) is 0 Å². The van der Waals surface area contributed by atoms with Gasteiger partial charge in [-0.25, -0.2) is 19.6 Å². The Morgan fingerprint density at radius 2 is 1.76 bits per heavy atom. The molecule has 34 heavy (non-hydrogen) atoms. The predicted molar refractivity (Wildman–Crippen MR) is 128 cm³/mol. The first-order valence-electron chi connectivity index (χ1n) is 10.2. The highest BCUT2D eigenvalue weighted by molar-refractivity contribution is 6.33. The standard InChI is InChI=1S/C19H23ClN4O2.C4H4O4/c1-23-11-14(12-24(23)10-13-6-4-3-5-7-13)22-19(25)15-8-16(20)17(21)9-18(15)26-2;5-3(6)1-2-4(7)8/h3-9,14H,10-12,21H2,1-2H3,(H,22,25);1-2H,(H,5,6)(H,7,8). The number of anilines is 1. The molecule has 2 aromatic carbocycles. The van der Waals surface area contributed by atoms with Crippen LogP contribution in [0.2, 0.25) is 5.02 Å². The minimum Gasteiger partial charge on any atom is -0.496 e. The number of aliphatic carboxylic acids is 2. The zero-order chi connectivity index (χ0) is 25.3. The van der Waals surface area contributed by atoms with Gasteiger partial charge in [-0.05, 0) is 11.6 Å². The minimum atomic E-state index is -1.26. The highest BCUT2D eigenvalue weighted by Crippen LogP contribution is 2.29. The van der Waals surface area contributed by atoms with Gasteiger partial charge in [0.15, 0.2) is 0 Å². The normalized spacial score (nSPS) is 16.0. The van der Waals surface area contributed by atoms with Gasteiger partial charge in [0.1, 0.15) is 5.75 Å². The van der Waals surface area contributed by atoms with Gasteiger partial charge in [0.05, 0.1) is 29.4 Å². The highest BCUT2D eigenvalue weighted by Gasteiger charge is 2.29. The van der Waals surface area contributed by atoms with Crippen LogP contribution in [0.4, 0.5) is 5.69 Å². The lowest BCUT2D eigenvalue weighted by molar-refractivity contribution is -0.134. The van der Waals surface area contributed by atoms with Crippen LogP contribution in [0.5, 0.6) is 5.75 Å². The molecular weight excluding hydrogens is 464 g/mol. The Kier molecular flexibility index (Phi) is 9.87. The van der Waals surface area contributed by atoms with E-state index in [1.165, 1.54) is 12.7 Å². The number of hydrogen-bond acceptors (Lipinski definition) is 7. The number of nitrogens with one attached hydrogen (secondary N) is 1. The quantitative estimate of drug-likeness (QED) is 0.338. The Hall–Kier alpha value is -3.60. The number of likely N-dealkylation sites (N-methyl/N-ethyl adjacent to an activating group) is 1. The molecule has 182 valence electrons. The van der Waals surface area contributed by atoms with Crippen LogP contribution in [0.3, 0.4) is 0 Å². The van der Waals surface area contributed by atoms with Crippen molar-refractivity contribution in [1.29, 1.82) is 0 Å². The molecule has 1 unspecified atom stereocenters. The van der Waals surface area contributed by atoms with Gasteiger partial charge in [0.2, 0.25) is 0 Å². The van der Waals surface area contributed by atoms with Crippen LogP contribution >= 0.6 is 11.6 Å². The molecule has 3 rings (SSSR count). The van der Waals surface area contributed by atoms with E-state index in [4.69, 9.17) is 32.3 Å². The SMILES string of the molecule is COc1cc(N)c(Cl)cc1C(=O)NC1CN(C)N(Cc2ccccc2)C1.O=C(O)C=CC(=O)O. The molecule has 0 saturated carbocycles. The third-order valence-electron chi connectivity index (χ3n) is 4.87. The average Bonchev–Trinajstić information content (AvgIpc) is 3.13. The van der Waals surface area contributed by atoms with E-state index in [1.807, 2.05) is 25.2 Å². The Morgan fingerprint density at radius 1 is 1.15 bits per heavy atom. The molecule has 1 heterocycles. The number of benzene rings is 2. The van der Waals surface area contributed by atoms with Crippen molar-refractivity contribution in [2.45, 2.75) is 12.6 Å². The summed E-state index contributed by atoms with van der Waals surface area (Å²) in [5.74, 6) is -2.32. The fraction of sp³-hybridized carbons (Fsp3) is 0.261. The second kappa shape index (κ2) is 12.6. The third-order valence-corrected chi connectivity index (χ3v) is 5.20. The molecule has 0 aliphatic carbocycles. The number of ether oxygens (including phenoxy) is 1. The summed E-state index contributed by atoms with van der Waals surface area (Å²) in [5, 5.41) is 23.4. The summed E-state index contributed by atoms with van der Waals surface area (Å²) in [6, 6.07) is 13.4. The Labute approximate surface area is 202 Å². The van der Waals surface area contributed by atoms with Crippen LogP contribution in [0.15, 0.2) is 54.6 Å². The van der Waals surface area contributed by atoms with Crippen molar-refractivity contribution in [3.63, 3.8) is 0 Å². The van der Waals surface area contributed by atoms with Crippen LogP contribution in [0.1, 0.15) is 15.9 Å². The van der Waals surface area contributed by atoms with E-state index in [-0.39, 0.29) is 11.9 Å². The summed E-state index contributed by atoms with van der Waals surface area (Å²) in [7, 11) is 3.53. The predicted octanol–water partition coefficient (Wildman–Crippen LogP) is 2.10. The van der Waals surface area contributed by atoms with Gasteiger partial charge < -0.3 is 26.0 Å². The zero-order valence-corrected chi connectivity index (χ0v) is 19.5. The molecule has 5 N–H and O–H groups in total. The Balaban J connectivity index is 0.000000440. The van der Waals surface area contributed by atoms with Crippen molar-refractivity contribution in [3.05, 3.63) is 70.8 Å². The van der Waals surface area contributed by atoms with E-state index >= 15 is 0 Å². The number of nitrogens with two attached hydrogens (primary N) is 1. The smallest absolute Gasteiger partial charge is 0.328 e. The summed E-state index contributed by atoms with van der Waals surface area (Å²) in [6.45, 7) is 2.28. The van der Waals surface area contributed by atoms with Crippen molar-refractivity contribution in [1.82, 2.24) is 15.3 Å². The molecule has 1 aliphatic heterocycles. The molecule has 11 heteroatoms. The monoisotopic (exact) mass is 490 g/mol. The molecule has 0 radical (unpaired) electrons. The Bertz CT molecular complexity index is 1030. The Morgan fingerprint density at radius 3 is 2.32 bits per heavy atom. The number of rotatable bonds is 7. The lowest BCUT2D eigenvalue weighted by Gasteiger charge is -2.23. The fourth-order valence-electron chi connectivity index (χ4n) is 3.28. The molecule has 0 bridgehead atoms. The zero-order valence-electron chi connectivity index (χ0n) is 18.8. The molecule has 1 atom stereocenters. The maximum atomic E-state index is 12.7. The lowest BCUT2D eigenvalue weighted by atomic mass is 10.1. The van der Waals surface area contributed by atoms with Gasteiger partial charge in [-0.2, -0.15) is 0 Å². The largest absolute Gasteiger partial charge is 0.496 e. The number of carboxylic acid groups (broad SMARTS) is 2. The number of halogens is 1. The maximum absolute atomic E-state index is 12.7. The number of methoxy groups -OCH3 is 1. The average molecular weight is 491 g/mol. The van der Waals surface area contributed by atoms with E-state index < -0.39 is 11.9 Å². The molecule has 2 aromatic rings. The van der Waals surface area contributed by atoms with Gasteiger partial charge in [-0.1, -0.05) is 41.9 Å². The molecule has 1 aliphatic rings. The summed E-state index contributed by atoms with van der Waals surface area (Å²) in [4.78, 5) is 31.8. The highest BCUT2D eigenvalue weighted by atomic mass is 35.5. The minimum absolute atomic E-state index is 0.0113. The van der Waals surface area contributed by atoms with Crippen LogP contribution in [-0.2, 0) is 16.1 Å². The molecule has 0 aromatic heterocycles. The topological polar surface area (TPSA) is 145 Å². The molecule has 0 spiro atoms. The molecule has 1 saturated heterocycles. The third kappa shape index (κ3) is 8.07. The summed E-state index contributed by atoms with van der Waals surface area (Å²) in [5.41, 5.74) is 7.79. The number of carboxylic acids is 2. The van der Waals surface area contributed by atoms with Crippen LogP contribution < -0.4 is 15.8 Å². The number of nitrogens with zero attached hydrogens (tertiary/aromatic N) is 2. The number of hydrazine groups is 1. The second-order valence-electron chi connectivity index (χ2n) is 7.43. The summed E-state index contributed by atoms with van der Waals surface area (Å²) >= 11 is 6.06. The van der Waals surface area contributed by atoms with E-state index in [1.54, 1.807) is 12.1 Å². The number of hydrogen-bond donors (Lipinski definition) is 4. The van der Waals surface area contributed by atoms with Crippen LogP contribution in [0, 0.1) is 0 Å². The van der Waals surface area contributed by atoms with Crippen LogP contribution in [-0.4, -0.2) is 71.4 Å². The van der Waals surface area contributed by atoms with E-state index in [0.717, 1.165) is 19.6 Å². The van der Waals surface area contributed by atoms with E-state index in [9.17, 15) is 14.4 Å². The van der Waals surface area contributed by atoms with Crippen molar-refractivity contribution < 1.29 is 29.3 Å². The van der Waals surface area contributed by atoms with E-state index in [0.29, 0.717) is 34.2 Å². The van der Waals surface area contributed by atoms with Gasteiger partial charge in [0.25, 0.3) is 5.91 Å². The van der Waals surface area contributed by atoms with Gasteiger partial charge in [-0.15, -0.1) is 0 Å². The summed E-state index contributed by atoms with van der Waals surface area (Å²) < 4.78 is 5.27. The summed E-state index contributed by atoms with van der Waals surface area (Å²) in [6.07, 6.45) is 1.12. The number of carbonyl (C=O) groups is 3. The number of nitrogen functional groups attached to an aromatic ring is 1.